The minimum absolute atomic E-state index is 0.0771. The standard InChI is InChI=1S/C12H16N4O2S/c1-8-9(2)16(7-15-8)10-4-5-12(11(13)6-10)19(17,18)14-3/h4-7,14H,13H2,1-3H3. The molecule has 0 saturated heterocycles. The molecule has 102 valence electrons. The van der Waals surface area contributed by atoms with Crippen molar-refractivity contribution in [3.63, 3.8) is 0 Å². The fraction of sp³-hybridized carbons (Fsp3) is 0.250. The van der Waals surface area contributed by atoms with E-state index in [0.717, 1.165) is 17.1 Å². The molecule has 0 spiro atoms. The van der Waals surface area contributed by atoms with Crippen LogP contribution in [0.4, 0.5) is 5.69 Å². The summed E-state index contributed by atoms with van der Waals surface area (Å²) in [5.74, 6) is 0. The summed E-state index contributed by atoms with van der Waals surface area (Å²) >= 11 is 0. The van der Waals surface area contributed by atoms with Crippen LogP contribution >= 0.6 is 0 Å². The quantitative estimate of drug-likeness (QED) is 0.820. The highest BCUT2D eigenvalue weighted by molar-refractivity contribution is 7.89. The first-order valence-electron chi connectivity index (χ1n) is 5.71. The van der Waals surface area contributed by atoms with Crippen molar-refractivity contribution in [1.82, 2.24) is 14.3 Å². The van der Waals surface area contributed by atoms with Gasteiger partial charge in [0, 0.05) is 11.4 Å². The minimum atomic E-state index is -3.53. The molecule has 0 saturated carbocycles. The first-order valence-corrected chi connectivity index (χ1v) is 7.19. The number of hydrogen-bond donors (Lipinski definition) is 2. The Bertz CT molecular complexity index is 719. The molecule has 0 unspecified atom stereocenters. The third kappa shape index (κ3) is 2.34. The summed E-state index contributed by atoms with van der Waals surface area (Å²) in [6, 6.07) is 4.82. The van der Waals surface area contributed by atoms with Crippen LogP contribution in [0.15, 0.2) is 29.4 Å². The average molecular weight is 280 g/mol. The van der Waals surface area contributed by atoms with Crippen LogP contribution in [0.5, 0.6) is 0 Å². The summed E-state index contributed by atoms with van der Waals surface area (Å²) in [6.45, 7) is 3.85. The van der Waals surface area contributed by atoms with Crippen LogP contribution in [-0.4, -0.2) is 25.0 Å². The summed E-state index contributed by atoms with van der Waals surface area (Å²) in [7, 11) is -2.18. The summed E-state index contributed by atoms with van der Waals surface area (Å²) in [5, 5.41) is 0. The van der Waals surface area contributed by atoms with Gasteiger partial charge in [-0.2, -0.15) is 0 Å². The Morgan fingerprint density at radius 3 is 2.47 bits per heavy atom. The highest BCUT2D eigenvalue weighted by atomic mass is 32.2. The van der Waals surface area contributed by atoms with Gasteiger partial charge in [0.25, 0.3) is 0 Å². The Kier molecular flexibility index (Phi) is 3.34. The largest absolute Gasteiger partial charge is 0.398 e. The lowest BCUT2D eigenvalue weighted by Gasteiger charge is -2.10. The van der Waals surface area contributed by atoms with Crippen molar-refractivity contribution in [2.45, 2.75) is 18.7 Å². The van der Waals surface area contributed by atoms with E-state index in [1.807, 2.05) is 18.4 Å². The fourth-order valence-corrected chi connectivity index (χ4v) is 2.64. The number of nitrogens with two attached hydrogens (primary N) is 1. The highest BCUT2D eigenvalue weighted by Gasteiger charge is 2.16. The monoisotopic (exact) mass is 280 g/mol. The summed E-state index contributed by atoms with van der Waals surface area (Å²) in [5.41, 5.74) is 8.72. The van der Waals surface area contributed by atoms with Crippen LogP contribution in [0, 0.1) is 13.8 Å². The molecule has 3 N–H and O–H groups in total. The third-order valence-corrected chi connectivity index (χ3v) is 4.57. The van der Waals surface area contributed by atoms with Crippen molar-refractivity contribution in [2.75, 3.05) is 12.8 Å². The van der Waals surface area contributed by atoms with E-state index in [9.17, 15) is 8.42 Å². The van der Waals surface area contributed by atoms with E-state index in [2.05, 4.69) is 9.71 Å². The number of benzene rings is 1. The molecule has 6 nitrogen and oxygen atoms in total. The zero-order valence-corrected chi connectivity index (χ0v) is 11.8. The van der Waals surface area contributed by atoms with Crippen molar-refractivity contribution < 1.29 is 8.42 Å². The Morgan fingerprint density at radius 2 is 2.00 bits per heavy atom. The summed E-state index contributed by atoms with van der Waals surface area (Å²) in [6.07, 6.45) is 1.69. The van der Waals surface area contributed by atoms with Crippen LogP contribution < -0.4 is 10.5 Å². The fourth-order valence-electron chi connectivity index (χ4n) is 1.80. The van der Waals surface area contributed by atoms with Crippen molar-refractivity contribution in [2.24, 2.45) is 0 Å². The lowest BCUT2D eigenvalue weighted by Crippen LogP contribution is -2.20. The molecule has 0 fully saturated rings. The van der Waals surface area contributed by atoms with Gasteiger partial charge in [0.15, 0.2) is 0 Å². The number of aryl methyl sites for hydroxylation is 1. The molecule has 2 aromatic rings. The predicted molar refractivity (Wildman–Crippen MR) is 73.7 cm³/mol. The van der Waals surface area contributed by atoms with E-state index in [0.29, 0.717) is 0 Å². The lowest BCUT2D eigenvalue weighted by molar-refractivity contribution is 0.588. The SMILES string of the molecule is CNS(=O)(=O)c1ccc(-n2cnc(C)c2C)cc1N. The zero-order chi connectivity index (χ0) is 14.2. The van der Waals surface area contributed by atoms with Crippen LogP contribution in [0.25, 0.3) is 5.69 Å². The molecule has 1 aromatic heterocycles. The molecule has 2 rings (SSSR count). The number of nitrogens with zero attached hydrogens (tertiary/aromatic N) is 2. The van der Waals surface area contributed by atoms with Gasteiger partial charge < -0.3 is 10.3 Å². The second-order valence-corrected chi connectivity index (χ2v) is 6.07. The molecular weight excluding hydrogens is 264 g/mol. The number of nitrogen functional groups attached to an aromatic ring is 1. The van der Waals surface area contributed by atoms with Crippen LogP contribution in [0.1, 0.15) is 11.4 Å². The van der Waals surface area contributed by atoms with Gasteiger partial charge in [-0.25, -0.2) is 18.1 Å². The van der Waals surface area contributed by atoms with Gasteiger partial charge in [-0.05, 0) is 39.1 Å². The topological polar surface area (TPSA) is 90.0 Å². The van der Waals surface area contributed by atoms with E-state index < -0.39 is 10.0 Å². The number of sulfonamides is 1. The number of anilines is 1. The molecule has 0 aliphatic rings. The second-order valence-electron chi connectivity index (χ2n) is 4.22. The Hall–Kier alpha value is -1.86. The number of nitrogens with one attached hydrogen (secondary N) is 1. The molecule has 7 heteroatoms. The Balaban J connectivity index is 2.54. The zero-order valence-electron chi connectivity index (χ0n) is 11.0. The van der Waals surface area contributed by atoms with Gasteiger partial charge in [-0.15, -0.1) is 0 Å². The second kappa shape index (κ2) is 4.67. The van der Waals surface area contributed by atoms with Gasteiger partial charge in [0.1, 0.15) is 4.90 Å². The Morgan fingerprint density at radius 1 is 1.32 bits per heavy atom. The molecule has 1 heterocycles. The molecule has 1 aromatic carbocycles. The molecule has 0 amide bonds. The maximum absolute atomic E-state index is 11.7. The maximum atomic E-state index is 11.7. The first-order chi connectivity index (χ1) is 8.86. The van der Waals surface area contributed by atoms with Crippen molar-refractivity contribution >= 4 is 15.7 Å². The first kappa shape index (κ1) is 13.6. The van der Waals surface area contributed by atoms with Gasteiger partial charge in [0.2, 0.25) is 10.0 Å². The highest BCUT2D eigenvalue weighted by Crippen LogP contribution is 2.23. The van der Waals surface area contributed by atoms with Crippen LogP contribution in [-0.2, 0) is 10.0 Å². The smallest absolute Gasteiger partial charge is 0.242 e. The van der Waals surface area contributed by atoms with E-state index in [4.69, 9.17) is 5.73 Å². The van der Waals surface area contributed by atoms with Gasteiger partial charge in [0.05, 0.1) is 17.7 Å². The van der Waals surface area contributed by atoms with E-state index in [1.165, 1.54) is 13.1 Å². The van der Waals surface area contributed by atoms with Crippen LogP contribution in [0.3, 0.4) is 0 Å². The molecule has 0 radical (unpaired) electrons. The molecule has 0 aliphatic heterocycles. The number of rotatable bonds is 3. The average Bonchev–Trinajstić information content (AvgIpc) is 2.69. The number of aromatic nitrogens is 2. The van der Waals surface area contributed by atoms with Gasteiger partial charge >= 0.3 is 0 Å². The van der Waals surface area contributed by atoms with Crippen LogP contribution in [0.2, 0.25) is 0 Å². The lowest BCUT2D eigenvalue weighted by atomic mass is 10.2. The normalized spacial score (nSPS) is 11.7. The molecule has 19 heavy (non-hydrogen) atoms. The van der Waals surface area contributed by atoms with Gasteiger partial charge in [-0.3, -0.25) is 0 Å². The van der Waals surface area contributed by atoms with E-state index in [-0.39, 0.29) is 10.6 Å². The van der Waals surface area contributed by atoms with Crippen molar-refractivity contribution in [3.05, 3.63) is 35.9 Å². The van der Waals surface area contributed by atoms with E-state index >= 15 is 0 Å². The van der Waals surface area contributed by atoms with Crippen molar-refractivity contribution in [1.29, 1.82) is 0 Å². The van der Waals surface area contributed by atoms with E-state index in [1.54, 1.807) is 18.5 Å². The number of imidazole rings is 1. The third-order valence-electron chi connectivity index (χ3n) is 3.08. The molecule has 0 atom stereocenters. The number of hydrogen-bond acceptors (Lipinski definition) is 4. The molecule has 0 aliphatic carbocycles. The minimum Gasteiger partial charge on any atom is -0.398 e. The Labute approximate surface area is 112 Å². The molecule has 0 bridgehead atoms. The predicted octanol–water partition coefficient (Wildman–Crippen LogP) is 0.979. The van der Waals surface area contributed by atoms with Crippen molar-refractivity contribution in [3.8, 4) is 5.69 Å². The molecular formula is C12H16N4O2S. The summed E-state index contributed by atoms with van der Waals surface area (Å²) in [4.78, 5) is 4.28. The maximum Gasteiger partial charge on any atom is 0.242 e. The van der Waals surface area contributed by atoms with Gasteiger partial charge in [-0.1, -0.05) is 0 Å². The summed E-state index contributed by atoms with van der Waals surface area (Å²) < 4.78 is 27.6.